The van der Waals surface area contributed by atoms with Gasteiger partial charge in [0.25, 0.3) is 5.91 Å². The fraction of sp³-hybridized carbons (Fsp3) is 0.273. The molecule has 0 saturated heterocycles. The number of amides is 1. The van der Waals surface area contributed by atoms with Crippen molar-refractivity contribution < 1.29 is 9.53 Å². The average Bonchev–Trinajstić information content (AvgIpc) is 3.31. The first-order valence-corrected chi connectivity index (χ1v) is 15.4. The first-order chi connectivity index (χ1) is 19.6. The zero-order valence-electron chi connectivity index (χ0n) is 23.1. The molecular weight excluding hydrogens is 595 g/mol. The van der Waals surface area contributed by atoms with Gasteiger partial charge in [-0.1, -0.05) is 73.8 Å². The first-order valence-electron chi connectivity index (χ1n) is 13.5. The number of aliphatic imine (C=N–C) groups is 1. The van der Waals surface area contributed by atoms with Crippen molar-refractivity contribution in [3.8, 4) is 5.75 Å². The van der Waals surface area contributed by atoms with Crippen LogP contribution in [-0.2, 0) is 19.4 Å². The monoisotopic (exact) mass is 624 g/mol. The van der Waals surface area contributed by atoms with Crippen LogP contribution < -0.4 is 10.1 Å². The molecule has 5 rings (SSSR count). The number of nitrogens with zero attached hydrogens (tertiary/aromatic N) is 1. The third-order valence-corrected chi connectivity index (χ3v) is 9.53. The molecule has 1 aliphatic rings. The van der Waals surface area contributed by atoms with Crippen LogP contribution in [0.2, 0.25) is 15.1 Å². The first kappa shape index (κ1) is 29.7. The van der Waals surface area contributed by atoms with Crippen molar-refractivity contribution in [2.45, 2.75) is 46.6 Å². The Balaban J connectivity index is 1.39. The molecule has 1 atom stereocenters. The summed E-state index contributed by atoms with van der Waals surface area (Å²) in [6.07, 6.45) is 4.67. The van der Waals surface area contributed by atoms with Crippen molar-refractivity contribution in [2.24, 2.45) is 16.3 Å². The van der Waals surface area contributed by atoms with E-state index in [0.717, 1.165) is 41.0 Å². The minimum atomic E-state index is -0.148. The van der Waals surface area contributed by atoms with Crippen LogP contribution in [0.3, 0.4) is 0 Å². The van der Waals surface area contributed by atoms with Crippen molar-refractivity contribution in [3.63, 3.8) is 0 Å². The predicted octanol–water partition coefficient (Wildman–Crippen LogP) is 10.4. The van der Waals surface area contributed by atoms with Crippen LogP contribution >= 0.6 is 46.1 Å². The maximum Gasteiger partial charge on any atom is 0.259 e. The second kappa shape index (κ2) is 12.6. The Morgan fingerprint density at radius 1 is 1.05 bits per heavy atom. The molecule has 0 spiro atoms. The molecule has 0 unspecified atom stereocenters. The van der Waals surface area contributed by atoms with Crippen LogP contribution in [0.1, 0.15) is 59.1 Å². The zero-order valence-corrected chi connectivity index (χ0v) is 26.2. The summed E-state index contributed by atoms with van der Waals surface area (Å²) in [7, 11) is 0. The summed E-state index contributed by atoms with van der Waals surface area (Å²) in [6.45, 7) is 7.24. The highest BCUT2D eigenvalue weighted by Crippen LogP contribution is 2.45. The van der Waals surface area contributed by atoms with Crippen molar-refractivity contribution in [2.75, 3.05) is 5.32 Å². The summed E-state index contributed by atoms with van der Waals surface area (Å²) in [6, 6.07) is 20.3. The van der Waals surface area contributed by atoms with Gasteiger partial charge in [-0.2, -0.15) is 0 Å². The van der Waals surface area contributed by atoms with E-state index < -0.39 is 0 Å². The maximum atomic E-state index is 13.6. The van der Waals surface area contributed by atoms with Gasteiger partial charge in [0.2, 0.25) is 0 Å². The number of fused-ring (bicyclic) bond motifs is 1. The van der Waals surface area contributed by atoms with Crippen LogP contribution in [0, 0.1) is 11.3 Å². The summed E-state index contributed by atoms with van der Waals surface area (Å²) in [5.74, 6) is 1.12. The van der Waals surface area contributed by atoms with Crippen molar-refractivity contribution in [1.29, 1.82) is 0 Å². The number of ether oxygens (including phenoxy) is 1. The molecule has 1 aliphatic carbocycles. The molecule has 1 amide bonds. The Bertz CT molecular complexity index is 1590. The average molecular weight is 626 g/mol. The lowest BCUT2D eigenvalue weighted by Gasteiger charge is -2.33. The smallest absolute Gasteiger partial charge is 0.259 e. The van der Waals surface area contributed by atoms with Gasteiger partial charge in [-0.3, -0.25) is 4.79 Å². The molecule has 1 aromatic heterocycles. The highest BCUT2D eigenvalue weighted by atomic mass is 35.5. The number of hydrogen-bond acceptors (Lipinski definition) is 4. The van der Waals surface area contributed by atoms with E-state index in [1.54, 1.807) is 53.9 Å². The minimum absolute atomic E-state index is 0.148. The number of benzene rings is 3. The molecule has 0 radical (unpaired) electrons. The largest absolute Gasteiger partial charge is 0.489 e. The van der Waals surface area contributed by atoms with E-state index in [1.165, 1.54) is 4.88 Å². The van der Waals surface area contributed by atoms with Gasteiger partial charge in [0, 0.05) is 21.8 Å². The van der Waals surface area contributed by atoms with Crippen LogP contribution in [-0.4, -0.2) is 12.1 Å². The van der Waals surface area contributed by atoms with E-state index in [4.69, 9.17) is 44.5 Å². The van der Waals surface area contributed by atoms with Crippen molar-refractivity contribution >= 4 is 68.9 Å². The maximum absolute atomic E-state index is 13.6. The van der Waals surface area contributed by atoms with Gasteiger partial charge in [-0.15, -0.1) is 11.3 Å². The number of nitrogens with one attached hydrogen (secondary N) is 1. The van der Waals surface area contributed by atoms with Crippen molar-refractivity contribution in [3.05, 3.63) is 109 Å². The second-order valence-corrected chi connectivity index (χ2v) is 13.7. The zero-order chi connectivity index (χ0) is 29.1. The van der Waals surface area contributed by atoms with Gasteiger partial charge >= 0.3 is 0 Å². The number of carbonyl (C=O) groups is 1. The van der Waals surface area contributed by atoms with Crippen LogP contribution in [0.4, 0.5) is 10.7 Å². The van der Waals surface area contributed by atoms with Gasteiger partial charge in [0.15, 0.2) is 0 Å². The summed E-state index contributed by atoms with van der Waals surface area (Å²) >= 11 is 19.8. The highest BCUT2D eigenvalue weighted by molar-refractivity contribution is 7.16. The summed E-state index contributed by atoms with van der Waals surface area (Å²) in [5, 5.41) is 5.40. The minimum Gasteiger partial charge on any atom is -0.489 e. The number of hydrogen-bond donors (Lipinski definition) is 1. The van der Waals surface area contributed by atoms with Crippen LogP contribution in [0.25, 0.3) is 0 Å². The predicted molar refractivity (Wildman–Crippen MR) is 173 cm³/mol. The topological polar surface area (TPSA) is 50.7 Å². The van der Waals surface area contributed by atoms with E-state index in [1.807, 2.05) is 30.3 Å². The lowest BCUT2D eigenvalue weighted by molar-refractivity contribution is 0.102. The van der Waals surface area contributed by atoms with Gasteiger partial charge < -0.3 is 10.1 Å². The molecule has 1 N–H and O–H groups in total. The summed E-state index contributed by atoms with van der Waals surface area (Å²) in [4.78, 5) is 19.7. The molecule has 0 saturated carbocycles. The standard InChI is InChI=1S/C33H31Cl3N2O2S/c1-33(2,3)22-8-13-26-29(17-22)41-32(30(26)31(39)38-24-11-9-23(34)10-12-24)37-18-20-5-4-6-25(15-20)40-19-21-7-14-27(35)28(36)16-21/h4-7,9-12,14-16,18,22H,8,13,17,19H2,1-3H3,(H,38,39)/t22-/m1/s1. The lowest BCUT2D eigenvalue weighted by atomic mass is 9.72. The van der Waals surface area contributed by atoms with E-state index in [-0.39, 0.29) is 11.3 Å². The van der Waals surface area contributed by atoms with Gasteiger partial charge in [0.05, 0.1) is 15.6 Å². The van der Waals surface area contributed by atoms with E-state index in [0.29, 0.717) is 44.6 Å². The molecule has 4 nitrogen and oxygen atoms in total. The summed E-state index contributed by atoms with van der Waals surface area (Å²) in [5.41, 5.74) is 4.48. The van der Waals surface area contributed by atoms with E-state index in [9.17, 15) is 4.79 Å². The number of rotatable bonds is 7. The molecule has 3 aromatic carbocycles. The van der Waals surface area contributed by atoms with Crippen molar-refractivity contribution in [1.82, 2.24) is 0 Å². The van der Waals surface area contributed by atoms with Gasteiger partial charge in [-0.05, 0) is 95.8 Å². The Labute approximate surface area is 260 Å². The molecule has 41 heavy (non-hydrogen) atoms. The Morgan fingerprint density at radius 2 is 1.83 bits per heavy atom. The molecule has 0 bridgehead atoms. The third kappa shape index (κ3) is 7.34. The van der Waals surface area contributed by atoms with E-state index >= 15 is 0 Å². The number of anilines is 1. The number of carbonyl (C=O) groups excluding carboxylic acids is 1. The quantitative estimate of drug-likeness (QED) is 0.208. The van der Waals surface area contributed by atoms with Crippen LogP contribution in [0.5, 0.6) is 5.75 Å². The molecule has 4 aromatic rings. The third-order valence-electron chi connectivity index (χ3n) is 7.38. The van der Waals surface area contributed by atoms with Gasteiger partial charge in [0.1, 0.15) is 17.4 Å². The summed E-state index contributed by atoms with van der Waals surface area (Å²) < 4.78 is 5.99. The molecule has 1 heterocycles. The fourth-order valence-corrected chi connectivity index (χ4v) is 6.69. The number of thiophene rings is 1. The highest BCUT2D eigenvalue weighted by Gasteiger charge is 2.33. The second-order valence-electron chi connectivity index (χ2n) is 11.3. The molecule has 0 aliphatic heterocycles. The Morgan fingerprint density at radius 3 is 2.56 bits per heavy atom. The molecule has 0 fully saturated rings. The fourth-order valence-electron chi connectivity index (χ4n) is 4.98. The Hall–Kier alpha value is -2.83. The molecular formula is C33H31Cl3N2O2S. The van der Waals surface area contributed by atoms with Gasteiger partial charge in [-0.25, -0.2) is 4.99 Å². The normalized spacial score (nSPS) is 15.1. The Kier molecular flexibility index (Phi) is 9.10. The lowest BCUT2D eigenvalue weighted by Crippen LogP contribution is -2.27. The van der Waals surface area contributed by atoms with Crippen LogP contribution in [0.15, 0.2) is 71.7 Å². The van der Waals surface area contributed by atoms with E-state index in [2.05, 4.69) is 26.1 Å². The molecule has 8 heteroatoms. The SMILES string of the molecule is CC(C)(C)[C@@H]1CCc2c(sc(N=Cc3cccc(OCc4ccc(Cl)c(Cl)c4)c3)c2C(=O)Nc2ccc(Cl)cc2)C1. The number of halogens is 3. The molecule has 212 valence electrons.